The molecule has 0 aliphatic carbocycles. The predicted molar refractivity (Wildman–Crippen MR) is 169 cm³/mol. The van der Waals surface area contributed by atoms with Gasteiger partial charge in [0.15, 0.2) is 0 Å². The van der Waals surface area contributed by atoms with E-state index in [0.29, 0.717) is 24.3 Å². The third kappa shape index (κ3) is 12.0. The minimum absolute atomic E-state index is 0.301. The van der Waals surface area contributed by atoms with Gasteiger partial charge in [0.1, 0.15) is 11.5 Å². The van der Waals surface area contributed by atoms with E-state index in [4.69, 9.17) is 9.47 Å². The molecule has 3 rings (SSSR count). The molecule has 42 heavy (non-hydrogen) atoms. The van der Waals surface area contributed by atoms with Crippen molar-refractivity contribution in [1.82, 2.24) is 10.9 Å². The SMILES string of the molecule is CCCCCCOc1ccc(C(=O)NN=Cc2ccc(C=NNC(=O)c3ccc(OCCCCCC)cc3)cc2)cc1. The Morgan fingerprint density at radius 3 is 1.31 bits per heavy atom. The molecule has 0 atom stereocenters. The standard InChI is InChI=1S/C34H42N4O4/c1-3-5-7-9-23-41-31-19-15-29(16-20-31)33(39)37-35-25-27-11-13-28(14-12-27)26-36-38-34(40)30-17-21-32(22-18-30)42-24-10-8-6-4-2/h11-22,25-26H,3-10,23-24H2,1-2H3,(H,37,39)(H,38,40). The Kier molecular flexibility index (Phi) is 14.4. The average molecular weight is 571 g/mol. The minimum Gasteiger partial charge on any atom is -0.494 e. The van der Waals surface area contributed by atoms with Crippen LogP contribution in [0.3, 0.4) is 0 Å². The normalized spacial score (nSPS) is 11.1. The number of hydrogen-bond donors (Lipinski definition) is 2. The van der Waals surface area contributed by atoms with Crippen molar-refractivity contribution in [3.63, 3.8) is 0 Å². The fourth-order valence-corrected chi connectivity index (χ4v) is 3.97. The van der Waals surface area contributed by atoms with E-state index in [-0.39, 0.29) is 11.8 Å². The van der Waals surface area contributed by atoms with Gasteiger partial charge in [-0.2, -0.15) is 10.2 Å². The van der Waals surface area contributed by atoms with Gasteiger partial charge in [-0.05, 0) is 72.5 Å². The molecule has 0 radical (unpaired) electrons. The molecule has 222 valence electrons. The molecular formula is C34H42N4O4. The molecule has 3 aromatic rings. The predicted octanol–water partition coefficient (Wildman–Crippen LogP) is 7.13. The highest BCUT2D eigenvalue weighted by Crippen LogP contribution is 2.14. The highest BCUT2D eigenvalue weighted by Gasteiger charge is 2.06. The second kappa shape index (κ2) is 18.8. The molecule has 8 nitrogen and oxygen atoms in total. The summed E-state index contributed by atoms with van der Waals surface area (Å²) in [6.45, 7) is 5.72. The number of nitrogens with zero attached hydrogens (tertiary/aromatic N) is 2. The fourth-order valence-electron chi connectivity index (χ4n) is 3.97. The Balaban J connectivity index is 1.38. The van der Waals surface area contributed by atoms with E-state index < -0.39 is 0 Å². The van der Waals surface area contributed by atoms with E-state index in [1.807, 2.05) is 24.3 Å². The van der Waals surface area contributed by atoms with E-state index in [1.165, 1.54) is 25.7 Å². The van der Waals surface area contributed by atoms with Crippen LogP contribution in [-0.2, 0) is 0 Å². The maximum absolute atomic E-state index is 12.4. The van der Waals surface area contributed by atoms with E-state index in [2.05, 4.69) is 34.9 Å². The number of hydrazone groups is 2. The summed E-state index contributed by atoms with van der Waals surface area (Å²) >= 11 is 0. The lowest BCUT2D eigenvalue weighted by molar-refractivity contribution is 0.0947. The molecular weight excluding hydrogens is 528 g/mol. The van der Waals surface area contributed by atoms with E-state index in [0.717, 1.165) is 48.3 Å². The van der Waals surface area contributed by atoms with Gasteiger partial charge >= 0.3 is 0 Å². The number of hydrogen-bond acceptors (Lipinski definition) is 6. The molecule has 0 spiro atoms. The lowest BCUT2D eigenvalue weighted by Crippen LogP contribution is -2.17. The number of carbonyl (C=O) groups excluding carboxylic acids is 2. The van der Waals surface area contributed by atoms with Crippen LogP contribution in [0.4, 0.5) is 0 Å². The molecule has 3 aromatic carbocycles. The first kappa shape index (κ1) is 32.1. The third-order valence-electron chi connectivity index (χ3n) is 6.46. The van der Waals surface area contributed by atoms with Crippen molar-refractivity contribution >= 4 is 24.2 Å². The summed E-state index contributed by atoms with van der Waals surface area (Å²) < 4.78 is 11.4. The smallest absolute Gasteiger partial charge is 0.271 e. The highest BCUT2D eigenvalue weighted by molar-refractivity contribution is 5.96. The Morgan fingerprint density at radius 2 is 0.952 bits per heavy atom. The van der Waals surface area contributed by atoms with E-state index in [9.17, 15) is 9.59 Å². The quantitative estimate of drug-likeness (QED) is 0.0965. The molecule has 0 bridgehead atoms. The van der Waals surface area contributed by atoms with E-state index >= 15 is 0 Å². The first-order valence-electron chi connectivity index (χ1n) is 14.8. The molecule has 0 saturated carbocycles. The van der Waals surface area contributed by atoms with Crippen molar-refractivity contribution in [2.45, 2.75) is 65.2 Å². The van der Waals surface area contributed by atoms with Crippen molar-refractivity contribution in [1.29, 1.82) is 0 Å². The van der Waals surface area contributed by atoms with Crippen LogP contribution in [0.15, 0.2) is 83.0 Å². The second-order valence-corrected chi connectivity index (χ2v) is 9.93. The molecule has 2 N–H and O–H groups in total. The van der Waals surface area contributed by atoms with Gasteiger partial charge in [-0.3, -0.25) is 9.59 Å². The number of benzene rings is 3. The van der Waals surface area contributed by atoms with Gasteiger partial charge in [-0.25, -0.2) is 10.9 Å². The number of carbonyl (C=O) groups is 2. The summed E-state index contributed by atoms with van der Waals surface area (Å²) in [5, 5.41) is 8.09. The fraction of sp³-hybridized carbons (Fsp3) is 0.353. The molecule has 0 fully saturated rings. The Bertz CT molecular complexity index is 1170. The molecule has 0 aliphatic heterocycles. The summed E-state index contributed by atoms with van der Waals surface area (Å²) in [5.41, 5.74) is 7.68. The maximum atomic E-state index is 12.4. The zero-order valence-electron chi connectivity index (χ0n) is 24.7. The molecule has 0 unspecified atom stereocenters. The van der Waals surface area contributed by atoms with Crippen molar-refractivity contribution in [2.75, 3.05) is 13.2 Å². The van der Waals surface area contributed by atoms with Gasteiger partial charge in [0, 0.05) is 11.1 Å². The Hall–Kier alpha value is -4.46. The molecule has 0 saturated heterocycles. The molecule has 0 aromatic heterocycles. The number of nitrogens with one attached hydrogen (secondary N) is 2. The van der Waals surface area contributed by atoms with Crippen LogP contribution in [0.5, 0.6) is 11.5 Å². The van der Waals surface area contributed by atoms with Crippen molar-refractivity contribution in [3.05, 3.63) is 95.1 Å². The van der Waals surface area contributed by atoms with Crippen LogP contribution in [0.1, 0.15) is 97.1 Å². The zero-order valence-corrected chi connectivity index (χ0v) is 24.7. The second-order valence-electron chi connectivity index (χ2n) is 9.93. The van der Waals surface area contributed by atoms with Crippen LogP contribution in [0, 0.1) is 0 Å². The number of amides is 2. The molecule has 2 amide bonds. The van der Waals surface area contributed by atoms with Gasteiger partial charge in [0.05, 0.1) is 25.6 Å². The van der Waals surface area contributed by atoms with Crippen LogP contribution >= 0.6 is 0 Å². The van der Waals surface area contributed by atoms with E-state index in [1.54, 1.807) is 61.0 Å². The lowest BCUT2D eigenvalue weighted by atomic mass is 10.2. The van der Waals surface area contributed by atoms with Gasteiger partial charge < -0.3 is 9.47 Å². The van der Waals surface area contributed by atoms with Gasteiger partial charge in [-0.1, -0.05) is 76.6 Å². The summed E-state index contributed by atoms with van der Waals surface area (Å²) in [6, 6.07) is 21.4. The van der Waals surface area contributed by atoms with Crippen molar-refractivity contribution in [2.24, 2.45) is 10.2 Å². The average Bonchev–Trinajstić information content (AvgIpc) is 3.02. The Morgan fingerprint density at radius 1 is 0.571 bits per heavy atom. The largest absolute Gasteiger partial charge is 0.494 e. The highest BCUT2D eigenvalue weighted by atomic mass is 16.5. The van der Waals surface area contributed by atoms with Gasteiger partial charge in [0.25, 0.3) is 11.8 Å². The van der Waals surface area contributed by atoms with Gasteiger partial charge in [-0.15, -0.1) is 0 Å². The van der Waals surface area contributed by atoms with Crippen LogP contribution in [-0.4, -0.2) is 37.5 Å². The number of unbranched alkanes of at least 4 members (excludes halogenated alkanes) is 6. The molecule has 0 aliphatic rings. The zero-order chi connectivity index (χ0) is 29.8. The number of ether oxygens (including phenoxy) is 2. The van der Waals surface area contributed by atoms with Gasteiger partial charge in [0.2, 0.25) is 0 Å². The topological polar surface area (TPSA) is 101 Å². The first-order chi connectivity index (χ1) is 20.6. The Labute approximate surface area is 249 Å². The summed E-state index contributed by atoms with van der Waals surface area (Å²) in [4.78, 5) is 24.7. The van der Waals surface area contributed by atoms with Crippen LogP contribution in [0.2, 0.25) is 0 Å². The van der Waals surface area contributed by atoms with Crippen molar-refractivity contribution in [3.8, 4) is 11.5 Å². The summed E-state index contributed by atoms with van der Waals surface area (Å²) in [7, 11) is 0. The first-order valence-corrected chi connectivity index (χ1v) is 14.8. The number of rotatable bonds is 18. The van der Waals surface area contributed by atoms with Crippen LogP contribution in [0.25, 0.3) is 0 Å². The van der Waals surface area contributed by atoms with Crippen LogP contribution < -0.4 is 20.3 Å². The molecule has 0 heterocycles. The molecule has 8 heteroatoms. The maximum Gasteiger partial charge on any atom is 0.271 e. The monoisotopic (exact) mass is 570 g/mol. The third-order valence-corrected chi connectivity index (χ3v) is 6.46. The lowest BCUT2D eigenvalue weighted by Gasteiger charge is -2.06. The van der Waals surface area contributed by atoms with Crippen molar-refractivity contribution < 1.29 is 19.1 Å². The summed E-state index contributed by atoms with van der Waals surface area (Å²) in [6.07, 6.45) is 12.3. The minimum atomic E-state index is -0.301. The summed E-state index contributed by atoms with van der Waals surface area (Å²) in [5.74, 6) is 0.902.